The molecule has 0 spiro atoms. The fourth-order valence-corrected chi connectivity index (χ4v) is 3.15. The minimum absolute atomic E-state index is 0.194. The number of nitrogen functional groups attached to an aromatic ring is 1. The maximum Gasteiger partial charge on any atom is 0.258 e. The standard InChI is InChI=1S/C16H12BrN3OS/c17-13-7-2-1-6-12(13)15(21)20-16-19-14(9-22-16)10-4-3-5-11(18)8-10/h1-9H,18H2,(H,19,20,21). The normalized spacial score (nSPS) is 10.4. The number of nitrogens with two attached hydrogens (primary N) is 1. The summed E-state index contributed by atoms with van der Waals surface area (Å²) in [4.78, 5) is 16.7. The average molecular weight is 374 g/mol. The van der Waals surface area contributed by atoms with Gasteiger partial charge in [-0.15, -0.1) is 11.3 Å². The monoisotopic (exact) mass is 373 g/mol. The molecule has 0 bridgehead atoms. The van der Waals surface area contributed by atoms with Crippen LogP contribution in [0.1, 0.15) is 10.4 Å². The largest absolute Gasteiger partial charge is 0.399 e. The van der Waals surface area contributed by atoms with Crippen LogP contribution in [0.3, 0.4) is 0 Å². The van der Waals surface area contributed by atoms with Crippen LogP contribution in [0.15, 0.2) is 58.4 Å². The third kappa shape index (κ3) is 3.18. The van der Waals surface area contributed by atoms with Gasteiger partial charge < -0.3 is 5.73 Å². The van der Waals surface area contributed by atoms with Crippen LogP contribution in [0, 0.1) is 0 Å². The van der Waals surface area contributed by atoms with Crippen molar-refractivity contribution >= 4 is 44.0 Å². The molecule has 0 unspecified atom stereocenters. The minimum Gasteiger partial charge on any atom is -0.399 e. The van der Waals surface area contributed by atoms with E-state index in [-0.39, 0.29) is 5.91 Å². The summed E-state index contributed by atoms with van der Waals surface area (Å²) in [6.45, 7) is 0. The first kappa shape index (κ1) is 14.7. The number of nitrogens with one attached hydrogen (secondary N) is 1. The highest BCUT2D eigenvalue weighted by atomic mass is 79.9. The number of aromatic nitrogens is 1. The van der Waals surface area contributed by atoms with Crippen LogP contribution in [0.2, 0.25) is 0 Å². The van der Waals surface area contributed by atoms with E-state index in [1.54, 1.807) is 6.07 Å². The topological polar surface area (TPSA) is 68.0 Å². The van der Waals surface area contributed by atoms with E-state index in [0.29, 0.717) is 16.4 Å². The van der Waals surface area contributed by atoms with Crippen molar-refractivity contribution in [3.63, 3.8) is 0 Å². The lowest BCUT2D eigenvalue weighted by Gasteiger charge is -2.03. The van der Waals surface area contributed by atoms with Gasteiger partial charge in [-0.1, -0.05) is 24.3 Å². The Morgan fingerprint density at radius 1 is 1.18 bits per heavy atom. The molecule has 22 heavy (non-hydrogen) atoms. The maximum atomic E-state index is 12.2. The SMILES string of the molecule is Nc1cccc(-c2csc(NC(=O)c3ccccc3Br)n2)c1. The van der Waals surface area contributed by atoms with Crippen LogP contribution in [-0.2, 0) is 0 Å². The molecule has 0 saturated heterocycles. The first-order valence-electron chi connectivity index (χ1n) is 6.51. The van der Waals surface area contributed by atoms with E-state index in [4.69, 9.17) is 5.73 Å². The average Bonchev–Trinajstić information content (AvgIpc) is 2.96. The second-order valence-corrected chi connectivity index (χ2v) is 6.31. The number of carbonyl (C=O) groups excluding carboxylic acids is 1. The number of halogens is 1. The summed E-state index contributed by atoms with van der Waals surface area (Å²) in [5.74, 6) is -0.194. The number of amides is 1. The van der Waals surface area contributed by atoms with E-state index < -0.39 is 0 Å². The number of anilines is 2. The van der Waals surface area contributed by atoms with Gasteiger partial charge in [-0.25, -0.2) is 4.98 Å². The zero-order chi connectivity index (χ0) is 15.5. The molecule has 0 fully saturated rings. The summed E-state index contributed by atoms with van der Waals surface area (Å²) in [7, 11) is 0. The molecule has 3 N–H and O–H groups in total. The number of rotatable bonds is 3. The second kappa shape index (κ2) is 6.29. The van der Waals surface area contributed by atoms with Crippen molar-refractivity contribution in [2.24, 2.45) is 0 Å². The smallest absolute Gasteiger partial charge is 0.258 e. The van der Waals surface area contributed by atoms with Crippen molar-refractivity contribution in [2.45, 2.75) is 0 Å². The van der Waals surface area contributed by atoms with Crippen LogP contribution < -0.4 is 11.1 Å². The molecule has 110 valence electrons. The van der Waals surface area contributed by atoms with Crippen LogP contribution in [0.4, 0.5) is 10.8 Å². The molecule has 0 atom stereocenters. The van der Waals surface area contributed by atoms with E-state index in [2.05, 4.69) is 26.2 Å². The Bertz CT molecular complexity index is 832. The summed E-state index contributed by atoms with van der Waals surface area (Å²) < 4.78 is 0.750. The summed E-state index contributed by atoms with van der Waals surface area (Å²) in [6, 6.07) is 14.8. The summed E-state index contributed by atoms with van der Waals surface area (Å²) >= 11 is 4.75. The Balaban J connectivity index is 1.80. The summed E-state index contributed by atoms with van der Waals surface area (Å²) in [5.41, 5.74) is 8.75. The molecule has 6 heteroatoms. The summed E-state index contributed by atoms with van der Waals surface area (Å²) in [6.07, 6.45) is 0. The van der Waals surface area contributed by atoms with E-state index in [1.807, 2.05) is 47.8 Å². The van der Waals surface area contributed by atoms with E-state index in [1.165, 1.54) is 11.3 Å². The summed E-state index contributed by atoms with van der Waals surface area (Å²) in [5, 5.41) is 5.26. The van der Waals surface area contributed by atoms with Crippen LogP contribution in [0.25, 0.3) is 11.3 Å². The van der Waals surface area contributed by atoms with Crippen molar-refractivity contribution in [1.82, 2.24) is 4.98 Å². The van der Waals surface area contributed by atoms with Gasteiger partial charge in [-0.05, 0) is 40.2 Å². The Morgan fingerprint density at radius 3 is 2.77 bits per heavy atom. The molecule has 1 amide bonds. The molecule has 0 saturated carbocycles. The van der Waals surface area contributed by atoms with Crippen molar-refractivity contribution in [2.75, 3.05) is 11.1 Å². The van der Waals surface area contributed by atoms with E-state index in [9.17, 15) is 4.79 Å². The predicted molar refractivity (Wildman–Crippen MR) is 94.1 cm³/mol. The number of carbonyl (C=O) groups is 1. The Hall–Kier alpha value is -2.18. The van der Waals surface area contributed by atoms with Crippen LogP contribution in [-0.4, -0.2) is 10.9 Å². The highest BCUT2D eigenvalue weighted by molar-refractivity contribution is 9.10. The van der Waals surface area contributed by atoms with Gasteiger partial charge in [0, 0.05) is 21.1 Å². The van der Waals surface area contributed by atoms with Crippen molar-refractivity contribution in [1.29, 1.82) is 0 Å². The molecular weight excluding hydrogens is 362 g/mol. The predicted octanol–water partition coefficient (Wildman–Crippen LogP) is 4.41. The molecule has 0 aliphatic carbocycles. The molecule has 3 rings (SSSR count). The van der Waals surface area contributed by atoms with Crippen LogP contribution in [0.5, 0.6) is 0 Å². The van der Waals surface area contributed by atoms with Gasteiger partial charge in [0.05, 0.1) is 11.3 Å². The highest BCUT2D eigenvalue weighted by Gasteiger charge is 2.12. The molecule has 1 aromatic heterocycles. The molecule has 1 heterocycles. The molecule has 2 aromatic carbocycles. The quantitative estimate of drug-likeness (QED) is 0.668. The molecule has 0 aliphatic heterocycles. The van der Waals surface area contributed by atoms with Gasteiger partial charge in [-0.2, -0.15) is 0 Å². The van der Waals surface area contributed by atoms with Crippen LogP contribution >= 0.6 is 27.3 Å². The van der Waals surface area contributed by atoms with E-state index in [0.717, 1.165) is 15.7 Å². The third-order valence-electron chi connectivity index (χ3n) is 3.03. The number of thiazole rings is 1. The lowest BCUT2D eigenvalue weighted by atomic mass is 10.1. The maximum absolute atomic E-state index is 12.2. The molecular formula is C16H12BrN3OS. The third-order valence-corrected chi connectivity index (χ3v) is 4.47. The number of nitrogens with zero attached hydrogens (tertiary/aromatic N) is 1. The number of hydrogen-bond donors (Lipinski definition) is 2. The van der Waals surface area contributed by atoms with Gasteiger partial charge >= 0.3 is 0 Å². The Labute approximate surface area is 140 Å². The van der Waals surface area contributed by atoms with Crippen molar-refractivity contribution in [3.8, 4) is 11.3 Å². The first-order valence-corrected chi connectivity index (χ1v) is 8.18. The lowest BCUT2D eigenvalue weighted by Crippen LogP contribution is -2.12. The molecule has 0 aliphatic rings. The zero-order valence-electron chi connectivity index (χ0n) is 11.4. The van der Waals surface area contributed by atoms with Gasteiger partial charge in [-0.3, -0.25) is 10.1 Å². The number of hydrogen-bond acceptors (Lipinski definition) is 4. The Kier molecular flexibility index (Phi) is 4.22. The first-order chi connectivity index (χ1) is 10.6. The van der Waals surface area contributed by atoms with Gasteiger partial charge in [0.25, 0.3) is 5.91 Å². The van der Waals surface area contributed by atoms with E-state index >= 15 is 0 Å². The Morgan fingerprint density at radius 2 is 2.00 bits per heavy atom. The van der Waals surface area contributed by atoms with Crippen molar-refractivity contribution < 1.29 is 4.79 Å². The minimum atomic E-state index is -0.194. The van der Waals surface area contributed by atoms with Crippen molar-refractivity contribution in [3.05, 3.63) is 63.9 Å². The fourth-order valence-electron chi connectivity index (χ4n) is 1.97. The molecule has 4 nitrogen and oxygen atoms in total. The van der Waals surface area contributed by atoms with Gasteiger partial charge in [0.1, 0.15) is 0 Å². The highest BCUT2D eigenvalue weighted by Crippen LogP contribution is 2.27. The van der Waals surface area contributed by atoms with Gasteiger partial charge in [0.15, 0.2) is 5.13 Å². The zero-order valence-corrected chi connectivity index (χ0v) is 13.8. The lowest BCUT2D eigenvalue weighted by molar-refractivity contribution is 0.102. The molecule has 3 aromatic rings. The van der Waals surface area contributed by atoms with Gasteiger partial charge in [0.2, 0.25) is 0 Å². The molecule has 0 radical (unpaired) electrons. The fraction of sp³-hybridized carbons (Fsp3) is 0. The second-order valence-electron chi connectivity index (χ2n) is 4.60. The number of benzene rings is 2.